The number of nitrogens with zero attached hydrogens (tertiary/aromatic N) is 2. The number of thiophene rings is 2. The summed E-state index contributed by atoms with van der Waals surface area (Å²) < 4.78 is 2.50. The average Bonchev–Trinajstić information content (AvgIpc) is 3.55. The van der Waals surface area contributed by atoms with Gasteiger partial charge in [-0.3, -0.25) is 0 Å². The molecule has 2 nitrogen and oxygen atoms in total. The maximum atomic E-state index is 7.48. The summed E-state index contributed by atoms with van der Waals surface area (Å²) in [5.41, 5.74) is 6.79. The predicted molar refractivity (Wildman–Crippen MR) is 146 cm³/mol. The molecule has 0 fully saturated rings. The van der Waals surface area contributed by atoms with E-state index in [1.54, 1.807) is 28.7 Å². The maximum Gasteiger partial charge on any atom is 0.177 e. The molecule has 6 rings (SSSR count). The van der Waals surface area contributed by atoms with E-state index in [0.717, 1.165) is 10.4 Å². The second-order valence-corrected chi connectivity index (χ2v) is 9.93. The predicted octanol–water partition coefficient (Wildman–Crippen LogP) is 10.2. The summed E-state index contributed by atoms with van der Waals surface area (Å²) in [5.74, 6) is 0. The van der Waals surface area contributed by atoms with Crippen LogP contribution in [0.25, 0.3) is 62.6 Å². The Balaban J connectivity index is 1.75. The molecule has 0 saturated carbocycles. The lowest BCUT2D eigenvalue weighted by molar-refractivity contribution is 1.68. The summed E-state index contributed by atoms with van der Waals surface area (Å²) >= 11 is 3.51. The Labute approximate surface area is 205 Å². The molecule has 0 aliphatic carbocycles. The Morgan fingerprint density at radius 3 is 1.74 bits per heavy atom. The molecule has 0 saturated heterocycles. The van der Waals surface area contributed by atoms with Gasteiger partial charge in [-0.25, -0.2) is 9.69 Å². The third-order valence-corrected chi connectivity index (χ3v) is 8.09. The van der Waals surface area contributed by atoms with E-state index in [0.29, 0.717) is 11.4 Å². The van der Waals surface area contributed by atoms with Gasteiger partial charge in [0.15, 0.2) is 11.4 Å². The van der Waals surface area contributed by atoms with Crippen molar-refractivity contribution in [3.63, 3.8) is 0 Å². The van der Waals surface area contributed by atoms with E-state index in [1.807, 2.05) is 24.3 Å². The highest BCUT2D eigenvalue weighted by Gasteiger charge is 2.20. The van der Waals surface area contributed by atoms with Crippen molar-refractivity contribution >= 4 is 54.2 Å². The highest BCUT2D eigenvalue weighted by atomic mass is 32.1. The van der Waals surface area contributed by atoms with Crippen LogP contribution in [-0.2, 0) is 0 Å². The number of rotatable bonds is 3. The molecule has 4 heteroatoms. The molecule has 0 unspecified atom stereocenters. The molecule has 6 aromatic rings. The first-order valence-corrected chi connectivity index (χ1v) is 12.4. The fourth-order valence-electron chi connectivity index (χ4n) is 4.50. The summed E-state index contributed by atoms with van der Waals surface area (Å²) in [6.45, 7) is 15.0. The molecular weight excluding hydrogens is 452 g/mol. The topological polar surface area (TPSA) is 8.72 Å². The normalized spacial score (nSPS) is 10.9. The SMILES string of the molecule is [C-]#[N+]c1cc([N+]#[C-])cc(-c2cc3c(-c4ccccc4)c4sccc4c(-c4ccccc4)c3s2)c1. The second-order valence-electron chi connectivity index (χ2n) is 7.96. The zero-order valence-electron chi connectivity index (χ0n) is 17.9. The zero-order chi connectivity index (χ0) is 23.1. The smallest absolute Gasteiger partial charge is 0.177 e. The lowest BCUT2D eigenvalue weighted by atomic mass is 9.93. The van der Waals surface area contributed by atoms with Crippen molar-refractivity contribution in [2.24, 2.45) is 0 Å². The Morgan fingerprint density at radius 1 is 0.559 bits per heavy atom. The van der Waals surface area contributed by atoms with Crippen LogP contribution in [0.3, 0.4) is 0 Å². The molecule has 0 radical (unpaired) electrons. The Kier molecular flexibility index (Phi) is 4.97. The van der Waals surface area contributed by atoms with E-state index in [-0.39, 0.29) is 0 Å². The molecule has 158 valence electrons. The zero-order valence-corrected chi connectivity index (χ0v) is 19.6. The van der Waals surface area contributed by atoms with Gasteiger partial charge in [-0.15, -0.1) is 22.7 Å². The van der Waals surface area contributed by atoms with E-state index >= 15 is 0 Å². The highest BCUT2D eigenvalue weighted by molar-refractivity contribution is 7.23. The minimum Gasteiger partial charge on any atom is -0.239 e. The Bertz CT molecular complexity index is 1640. The van der Waals surface area contributed by atoms with Gasteiger partial charge in [-0.05, 0) is 34.2 Å². The van der Waals surface area contributed by atoms with Crippen molar-refractivity contribution in [2.45, 2.75) is 0 Å². The first-order valence-electron chi connectivity index (χ1n) is 10.7. The van der Waals surface area contributed by atoms with E-state index in [4.69, 9.17) is 13.1 Å². The van der Waals surface area contributed by atoms with Crippen LogP contribution < -0.4 is 0 Å². The monoisotopic (exact) mass is 468 g/mol. The van der Waals surface area contributed by atoms with Crippen LogP contribution in [0.5, 0.6) is 0 Å². The van der Waals surface area contributed by atoms with Gasteiger partial charge in [0.1, 0.15) is 0 Å². The molecule has 0 amide bonds. The van der Waals surface area contributed by atoms with Crippen LogP contribution >= 0.6 is 22.7 Å². The number of fused-ring (bicyclic) bond motifs is 2. The summed E-state index contributed by atoms with van der Waals surface area (Å²) in [5, 5.41) is 4.64. The fraction of sp³-hybridized carbons (Fsp3) is 0. The molecular formula is C30H16N2S2. The lowest BCUT2D eigenvalue weighted by Gasteiger charge is -2.12. The molecule has 0 aliphatic heterocycles. The summed E-state index contributed by atoms with van der Waals surface area (Å²) in [6.07, 6.45) is 0. The van der Waals surface area contributed by atoms with E-state index < -0.39 is 0 Å². The van der Waals surface area contributed by atoms with E-state index in [1.165, 1.54) is 42.4 Å². The third-order valence-electron chi connectivity index (χ3n) is 5.96. The number of hydrogen-bond acceptors (Lipinski definition) is 2. The fourth-order valence-corrected chi connectivity index (χ4v) is 6.71. The molecule has 0 bridgehead atoms. The first kappa shape index (κ1) is 20.4. The van der Waals surface area contributed by atoms with E-state index in [2.05, 4.69) is 75.7 Å². The van der Waals surface area contributed by atoms with Gasteiger partial charge in [-0.1, -0.05) is 78.9 Å². The van der Waals surface area contributed by atoms with Gasteiger partial charge in [-0.2, -0.15) is 0 Å². The van der Waals surface area contributed by atoms with Gasteiger partial charge in [0, 0.05) is 36.2 Å². The van der Waals surface area contributed by atoms with Crippen molar-refractivity contribution in [3.05, 3.63) is 119 Å². The first-order chi connectivity index (χ1) is 16.8. The molecule has 2 heterocycles. The number of benzene rings is 4. The van der Waals surface area contributed by atoms with Crippen LogP contribution in [0, 0.1) is 13.1 Å². The van der Waals surface area contributed by atoms with Crippen molar-refractivity contribution in [3.8, 4) is 32.7 Å². The Hall–Kier alpha value is -4.22. The standard InChI is InChI=1S/C30H16N2S2/c1-31-22-15-21(16-23(17-22)32-2)26-18-25-28(20-11-7-4-8-12-20)29-24(13-14-33-29)27(30(25)34-26)19-9-5-3-6-10-19/h3-18H. The van der Waals surface area contributed by atoms with Crippen molar-refractivity contribution in [1.29, 1.82) is 0 Å². The van der Waals surface area contributed by atoms with Gasteiger partial charge in [0.05, 0.1) is 13.1 Å². The summed E-state index contributed by atoms with van der Waals surface area (Å²) in [6, 6.07) is 31.0. The van der Waals surface area contributed by atoms with Gasteiger partial charge in [0.25, 0.3) is 0 Å². The molecule has 0 atom stereocenters. The minimum absolute atomic E-state index is 0.494. The van der Waals surface area contributed by atoms with Gasteiger partial charge < -0.3 is 0 Å². The summed E-state index contributed by atoms with van der Waals surface area (Å²) in [7, 11) is 0. The molecule has 0 aliphatic rings. The lowest BCUT2D eigenvalue weighted by Crippen LogP contribution is -1.84. The molecule has 0 N–H and O–H groups in total. The van der Waals surface area contributed by atoms with Crippen LogP contribution in [0.2, 0.25) is 0 Å². The maximum absolute atomic E-state index is 7.48. The quantitative estimate of drug-likeness (QED) is 0.228. The van der Waals surface area contributed by atoms with Crippen molar-refractivity contribution in [2.75, 3.05) is 0 Å². The van der Waals surface area contributed by atoms with Crippen LogP contribution in [-0.4, -0.2) is 0 Å². The van der Waals surface area contributed by atoms with Crippen LogP contribution in [0.15, 0.2) is 96.4 Å². The highest BCUT2D eigenvalue weighted by Crippen LogP contribution is 2.50. The Morgan fingerprint density at radius 2 is 1.15 bits per heavy atom. The average molecular weight is 469 g/mol. The van der Waals surface area contributed by atoms with Crippen LogP contribution in [0.4, 0.5) is 11.4 Å². The van der Waals surface area contributed by atoms with Crippen molar-refractivity contribution in [1.82, 2.24) is 0 Å². The molecule has 2 aromatic heterocycles. The molecule has 0 spiro atoms. The molecule has 34 heavy (non-hydrogen) atoms. The number of hydrogen-bond donors (Lipinski definition) is 0. The minimum atomic E-state index is 0.494. The van der Waals surface area contributed by atoms with Crippen LogP contribution in [0.1, 0.15) is 0 Å². The molecule has 4 aromatic carbocycles. The third kappa shape index (κ3) is 3.29. The van der Waals surface area contributed by atoms with Gasteiger partial charge >= 0.3 is 0 Å². The van der Waals surface area contributed by atoms with Crippen molar-refractivity contribution < 1.29 is 0 Å². The largest absolute Gasteiger partial charge is 0.239 e. The van der Waals surface area contributed by atoms with E-state index in [9.17, 15) is 0 Å². The van der Waals surface area contributed by atoms with Gasteiger partial charge in [0.2, 0.25) is 0 Å². The summed E-state index contributed by atoms with van der Waals surface area (Å²) in [4.78, 5) is 8.27. The second kappa shape index (κ2) is 8.28.